The summed E-state index contributed by atoms with van der Waals surface area (Å²) in [5, 5.41) is 3.54. The molecule has 0 saturated heterocycles. The lowest BCUT2D eigenvalue weighted by Gasteiger charge is -2.30. The minimum atomic E-state index is -0.462. The molecule has 1 rings (SSSR count). The minimum Gasteiger partial charge on any atom is -0.354 e. The normalized spacial score (nSPS) is 11.8. The number of nitrogens with zero attached hydrogens (tertiary/aromatic N) is 1. The summed E-state index contributed by atoms with van der Waals surface area (Å²) in [6.45, 7) is 6.81. The Bertz CT molecular complexity index is 519. The average molecular weight is 339 g/mol. The first kappa shape index (κ1) is 19.5. The van der Waals surface area contributed by atoms with Crippen molar-refractivity contribution in [2.45, 2.75) is 59.0 Å². The van der Waals surface area contributed by atoms with Gasteiger partial charge in [0, 0.05) is 24.5 Å². The number of hydrogen-bond donors (Lipinski definition) is 1. The van der Waals surface area contributed by atoms with E-state index in [1.165, 1.54) is 0 Å². The Morgan fingerprint density at radius 2 is 1.91 bits per heavy atom. The predicted molar refractivity (Wildman–Crippen MR) is 94.3 cm³/mol. The first-order chi connectivity index (χ1) is 11.0. The summed E-state index contributed by atoms with van der Waals surface area (Å²) in [7, 11) is 0. The molecular formula is C18H27ClN2O2. The van der Waals surface area contributed by atoms with E-state index in [9.17, 15) is 9.59 Å². The van der Waals surface area contributed by atoms with Crippen LogP contribution in [0.25, 0.3) is 0 Å². The van der Waals surface area contributed by atoms with Crippen molar-refractivity contribution in [2.75, 3.05) is 6.54 Å². The van der Waals surface area contributed by atoms with E-state index in [4.69, 9.17) is 11.6 Å². The molecule has 5 heteroatoms. The molecule has 1 unspecified atom stereocenters. The number of carbonyl (C=O) groups excluding carboxylic acids is 2. The average Bonchev–Trinajstić information content (AvgIpc) is 2.56. The number of rotatable bonds is 9. The number of benzene rings is 1. The largest absolute Gasteiger partial charge is 0.354 e. The predicted octanol–water partition coefficient (Wildman–Crippen LogP) is 3.77. The van der Waals surface area contributed by atoms with E-state index in [2.05, 4.69) is 12.2 Å². The highest BCUT2D eigenvalue weighted by atomic mass is 35.5. The Balaban J connectivity index is 2.92. The second-order valence-electron chi connectivity index (χ2n) is 5.54. The Morgan fingerprint density at radius 3 is 2.48 bits per heavy atom. The van der Waals surface area contributed by atoms with E-state index >= 15 is 0 Å². The maximum Gasteiger partial charge on any atom is 0.242 e. The monoisotopic (exact) mass is 338 g/mol. The van der Waals surface area contributed by atoms with Crippen molar-refractivity contribution < 1.29 is 9.59 Å². The number of nitrogens with one attached hydrogen (secondary N) is 1. The number of amides is 2. The summed E-state index contributed by atoms with van der Waals surface area (Å²) >= 11 is 6.21. The Kier molecular flexibility index (Phi) is 8.70. The molecule has 0 aliphatic rings. The van der Waals surface area contributed by atoms with Crippen molar-refractivity contribution in [1.29, 1.82) is 0 Å². The van der Waals surface area contributed by atoms with Crippen LogP contribution >= 0.6 is 11.6 Å². The van der Waals surface area contributed by atoms with Gasteiger partial charge in [0.05, 0.1) is 0 Å². The van der Waals surface area contributed by atoms with Crippen LogP contribution in [0.2, 0.25) is 5.02 Å². The van der Waals surface area contributed by atoms with Crippen molar-refractivity contribution >= 4 is 23.4 Å². The zero-order valence-corrected chi connectivity index (χ0v) is 15.0. The minimum absolute atomic E-state index is 0.0394. The lowest BCUT2D eigenvalue weighted by molar-refractivity contribution is -0.141. The van der Waals surface area contributed by atoms with Crippen LogP contribution in [0, 0.1) is 0 Å². The molecule has 0 bridgehead atoms. The van der Waals surface area contributed by atoms with E-state index < -0.39 is 6.04 Å². The zero-order valence-electron chi connectivity index (χ0n) is 14.3. The highest BCUT2D eigenvalue weighted by Gasteiger charge is 2.27. The fourth-order valence-corrected chi connectivity index (χ4v) is 2.63. The summed E-state index contributed by atoms with van der Waals surface area (Å²) in [4.78, 5) is 26.5. The van der Waals surface area contributed by atoms with E-state index in [1.54, 1.807) is 11.0 Å². The summed E-state index contributed by atoms with van der Waals surface area (Å²) in [6, 6.07) is 6.97. The highest BCUT2D eigenvalue weighted by Crippen LogP contribution is 2.20. The highest BCUT2D eigenvalue weighted by molar-refractivity contribution is 6.31. The first-order valence-electron chi connectivity index (χ1n) is 8.35. The molecule has 1 aromatic rings. The number of unbranched alkanes of at least 4 members (excludes halogenated alkanes) is 1. The standard InChI is InChI=1S/C18H27ClN2O2/c1-4-7-12-20-18(23)16(5-2)21(17(22)6-3)13-14-10-8-9-11-15(14)19/h8-11,16H,4-7,12-13H2,1-3H3,(H,20,23). The third kappa shape index (κ3) is 5.87. The van der Waals surface area contributed by atoms with Gasteiger partial charge in [0.25, 0.3) is 0 Å². The Labute approximate surface area is 144 Å². The molecule has 23 heavy (non-hydrogen) atoms. The molecule has 0 heterocycles. The van der Waals surface area contributed by atoms with Crippen LogP contribution in [0.3, 0.4) is 0 Å². The molecule has 128 valence electrons. The lowest BCUT2D eigenvalue weighted by Crippen LogP contribution is -2.49. The molecule has 0 fully saturated rings. The second kappa shape index (κ2) is 10.3. The summed E-state index contributed by atoms with van der Waals surface area (Å²) in [5.74, 6) is -0.128. The van der Waals surface area contributed by atoms with Crippen LogP contribution in [-0.4, -0.2) is 29.3 Å². The Hall–Kier alpha value is -1.55. The maximum atomic E-state index is 12.4. The molecule has 1 N–H and O–H groups in total. The number of hydrogen-bond acceptors (Lipinski definition) is 2. The van der Waals surface area contributed by atoms with Gasteiger partial charge in [-0.3, -0.25) is 9.59 Å². The van der Waals surface area contributed by atoms with Gasteiger partial charge in [0.15, 0.2) is 0 Å². The van der Waals surface area contributed by atoms with Crippen LogP contribution in [0.1, 0.15) is 52.0 Å². The molecule has 1 aromatic carbocycles. The van der Waals surface area contributed by atoms with E-state index in [0.29, 0.717) is 31.0 Å². The molecule has 0 spiro atoms. The maximum absolute atomic E-state index is 12.4. The molecule has 0 aliphatic carbocycles. The van der Waals surface area contributed by atoms with Crippen LogP contribution in [-0.2, 0) is 16.1 Å². The van der Waals surface area contributed by atoms with E-state index in [1.807, 2.05) is 32.0 Å². The van der Waals surface area contributed by atoms with Crippen molar-refractivity contribution in [3.63, 3.8) is 0 Å². The molecule has 4 nitrogen and oxygen atoms in total. The van der Waals surface area contributed by atoms with Crippen molar-refractivity contribution in [3.05, 3.63) is 34.9 Å². The van der Waals surface area contributed by atoms with Crippen LogP contribution < -0.4 is 5.32 Å². The van der Waals surface area contributed by atoms with Gasteiger partial charge in [-0.15, -0.1) is 0 Å². The molecular weight excluding hydrogens is 312 g/mol. The fraction of sp³-hybridized carbons (Fsp3) is 0.556. The smallest absolute Gasteiger partial charge is 0.242 e. The van der Waals surface area contributed by atoms with Gasteiger partial charge in [-0.25, -0.2) is 0 Å². The lowest BCUT2D eigenvalue weighted by atomic mass is 10.1. The fourth-order valence-electron chi connectivity index (χ4n) is 2.44. The van der Waals surface area contributed by atoms with Gasteiger partial charge >= 0.3 is 0 Å². The van der Waals surface area contributed by atoms with Gasteiger partial charge in [-0.05, 0) is 24.5 Å². The third-order valence-electron chi connectivity index (χ3n) is 3.82. The van der Waals surface area contributed by atoms with Gasteiger partial charge in [-0.2, -0.15) is 0 Å². The topological polar surface area (TPSA) is 49.4 Å². The molecule has 0 radical (unpaired) electrons. The van der Waals surface area contributed by atoms with E-state index in [-0.39, 0.29) is 11.8 Å². The van der Waals surface area contributed by atoms with Gasteiger partial charge < -0.3 is 10.2 Å². The molecule has 0 aromatic heterocycles. The van der Waals surface area contributed by atoms with Crippen molar-refractivity contribution in [3.8, 4) is 0 Å². The number of halogens is 1. The second-order valence-corrected chi connectivity index (χ2v) is 5.94. The third-order valence-corrected chi connectivity index (χ3v) is 4.19. The van der Waals surface area contributed by atoms with Crippen molar-refractivity contribution in [1.82, 2.24) is 10.2 Å². The number of carbonyl (C=O) groups is 2. The van der Waals surface area contributed by atoms with Gasteiger partial charge in [0.1, 0.15) is 6.04 Å². The van der Waals surface area contributed by atoms with Crippen molar-refractivity contribution in [2.24, 2.45) is 0 Å². The Morgan fingerprint density at radius 1 is 1.22 bits per heavy atom. The summed E-state index contributed by atoms with van der Waals surface area (Å²) in [6.07, 6.45) is 2.90. The van der Waals surface area contributed by atoms with Crippen LogP contribution in [0.15, 0.2) is 24.3 Å². The van der Waals surface area contributed by atoms with E-state index in [0.717, 1.165) is 18.4 Å². The molecule has 2 amide bonds. The van der Waals surface area contributed by atoms with Crippen LogP contribution in [0.5, 0.6) is 0 Å². The molecule has 1 atom stereocenters. The summed E-state index contributed by atoms with van der Waals surface area (Å²) in [5.41, 5.74) is 0.857. The summed E-state index contributed by atoms with van der Waals surface area (Å²) < 4.78 is 0. The first-order valence-corrected chi connectivity index (χ1v) is 8.73. The SMILES string of the molecule is CCCCNC(=O)C(CC)N(Cc1ccccc1Cl)C(=O)CC. The molecule has 0 saturated carbocycles. The van der Waals surface area contributed by atoms with Gasteiger partial charge in [0.2, 0.25) is 11.8 Å². The zero-order chi connectivity index (χ0) is 17.2. The molecule has 0 aliphatic heterocycles. The quantitative estimate of drug-likeness (QED) is 0.697. The van der Waals surface area contributed by atoms with Crippen LogP contribution in [0.4, 0.5) is 0 Å². The van der Waals surface area contributed by atoms with Gasteiger partial charge in [-0.1, -0.05) is 57.0 Å².